The molecule has 1 N–H and O–H groups in total. The van der Waals surface area contributed by atoms with Crippen LogP contribution in [-0.4, -0.2) is 69.6 Å². The molecule has 7 nitrogen and oxygen atoms in total. The lowest BCUT2D eigenvalue weighted by atomic mass is 9.66. The van der Waals surface area contributed by atoms with E-state index in [0.29, 0.717) is 42.9 Å². The fourth-order valence-corrected chi connectivity index (χ4v) is 9.12. The Morgan fingerprint density at radius 1 is 1.30 bits per heavy atom. The van der Waals surface area contributed by atoms with E-state index in [9.17, 15) is 19.5 Å². The molecule has 0 saturated carbocycles. The van der Waals surface area contributed by atoms with Crippen LogP contribution in [0.3, 0.4) is 0 Å². The molecule has 3 aliphatic heterocycles. The quantitative estimate of drug-likeness (QED) is 0.255. The molecule has 3 heterocycles. The van der Waals surface area contributed by atoms with Gasteiger partial charge in [-0.1, -0.05) is 42.5 Å². The van der Waals surface area contributed by atoms with Crippen LogP contribution in [0.1, 0.15) is 38.2 Å². The van der Waals surface area contributed by atoms with Crippen LogP contribution in [0.25, 0.3) is 0 Å². The van der Waals surface area contributed by atoms with E-state index in [1.165, 1.54) is 6.08 Å². The van der Waals surface area contributed by atoms with Gasteiger partial charge in [0.25, 0.3) is 5.91 Å². The largest absolute Gasteiger partial charge is 0.461 e. The zero-order chi connectivity index (χ0) is 27.0. The number of amides is 2. The molecular formula is C28H35ClN2O5S. The van der Waals surface area contributed by atoms with Crippen molar-refractivity contribution in [1.29, 1.82) is 0 Å². The van der Waals surface area contributed by atoms with Gasteiger partial charge in [0.2, 0.25) is 5.91 Å². The number of rotatable bonds is 11. The smallest absolute Gasteiger partial charge is 0.311 e. The van der Waals surface area contributed by atoms with Crippen molar-refractivity contribution < 1.29 is 24.2 Å². The molecular weight excluding hydrogens is 512 g/mol. The van der Waals surface area contributed by atoms with Gasteiger partial charge in [-0.3, -0.25) is 14.4 Å². The van der Waals surface area contributed by atoms with E-state index < -0.39 is 33.3 Å². The van der Waals surface area contributed by atoms with E-state index in [4.69, 9.17) is 16.3 Å². The number of ether oxygens (including phenoxy) is 1. The van der Waals surface area contributed by atoms with Gasteiger partial charge in [0.1, 0.15) is 12.6 Å². The molecule has 3 aliphatic rings. The van der Waals surface area contributed by atoms with Crippen LogP contribution in [-0.2, 0) is 19.1 Å². The molecule has 2 bridgehead atoms. The molecule has 2 amide bonds. The average Bonchev–Trinajstić information content (AvgIpc) is 3.42. The van der Waals surface area contributed by atoms with Gasteiger partial charge < -0.3 is 19.6 Å². The van der Waals surface area contributed by atoms with Crippen molar-refractivity contribution in [2.45, 2.75) is 55.1 Å². The Hall–Kier alpha value is -2.29. The van der Waals surface area contributed by atoms with Crippen LogP contribution < -0.4 is 4.90 Å². The first-order valence-electron chi connectivity index (χ1n) is 12.7. The summed E-state index contributed by atoms with van der Waals surface area (Å²) in [5.74, 6) is -2.14. The van der Waals surface area contributed by atoms with Gasteiger partial charge in [-0.2, -0.15) is 0 Å². The summed E-state index contributed by atoms with van der Waals surface area (Å²) in [5, 5.41) is 9.81. The third-order valence-corrected chi connectivity index (χ3v) is 10.2. The van der Waals surface area contributed by atoms with E-state index in [1.54, 1.807) is 33.7 Å². The number of aryl methyl sites for hydroxylation is 1. The van der Waals surface area contributed by atoms with Crippen molar-refractivity contribution in [3.8, 4) is 0 Å². The van der Waals surface area contributed by atoms with Gasteiger partial charge in [-0.15, -0.1) is 18.3 Å². The summed E-state index contributed by atoms with van der Waals surface area (Å²) in [6.45, 7) is 12.0. The first-order chi connectivity index (χ1) is 17.7. The zero-order valence-corrected chi connectivity index (χ0v) is 23.0. The molecule has 0 radical (unpaired) electrons. The monoisotopic (exact) mass is 546 g/mol. The van der Waals surface area contributed by atoms with Crippen LogP contribution >= 0.6 is 23.4 Å². The summed E-state index contributed by atoms with van der Waals surface area (Å²) in [4.78, 5) is 45.1. The van der Waals surface area contributed by atoms with Crippen LogP contribution in [0.2, 0.25) is 5.02 Å². The Labute approximate surface area is 227 Å². The van der Waals surface area contributed by atoms with Crippen molar-refractivity contribution in [3.63, 3.8) is 0 Å². The number of thioether (sulfide) groups is 1. The predicted octanol–water partition coefficient (Wildman–Crippen LogP) is 4.15. The molecule has 0 aromatic heterocycles. The van der Waals surface area contributed by atoms with Gasteiger partial charge >= 0.3 is 5.97 Å². The Bertz CT molecular complexity index is 1090. The number of unbranched alkanes of at least 4 members (excludes halogenated alkanes) is 1. The molecule has 1 aromatic carbocycles. The average molecular weight is 547 g/mol. The lowest BCUT2D eigenvalue weighted by Gasteiger charge is -2.37. The first kappa shape index (κ1) is 27.7. The van der Waals surface area contributed by atoms with E-state index in [1.807, 2.05) is 26.0 Å². The van der Waals surface area contributed by atoms with Crippen LogP contribution in [0, 0.1) is 18.8 Å². The Morgan fingerprint density at radius 3 is 2.70 bits per heavy atom. The van der Waals surface area contributed by atoms with Gasteiger partial charge in [0.15, 0.2) is 0 Å². The minimum absolute atomic E-state index is 0.0000522. The second-order valence-corrected chi connectivity index (χ2v) is 12.6. The van der Waals surface area contributed by atoms with E-state index in [0.717, 1.165) is 5.56 Å². The number of carbonyl (C=O) groups excluding carboxylic acids is 3. The minimum Gasteiger partial charge on any atom is -0.461 e. The standard InChI is InChI=1S/C28H35ClN2O5S/c1-5-14-30(22-18(3)10-9-11-19(22)29)25(34)23-28-13-12-27(4,37-28)21(26(35)36-17-6-2)20(28)24(33)31(23)15-7-8-16-32/h5-6,9-11,20-21,23,32H,1-2,7-8,12-17H2,3-4H3/t20-,21-,23?,27+,28?/m0/s1. The number of fused-ring (bicyclic) bond motifs is 1. The highest BCUT2D eigenvalue weighted by Gasteiger charge is 2.77. The number of likely N-dealkylation sites (tertiary alicyclic amines) is 1. The summed E-state index contributed by atoms with van der Waals surface area (Å²) >= 11 is 8.19. The van der Waals surface area contributed by atoms with Crippen LogP contribution in [0.5, 0.6) is 0 Å². The predicted molar refractivity (Wildman–Crippen MR) is 147 cm³/mol. The van der Waals surface area contributed by atoms with E-state index >= 15 is 0 Å². The number of nitrogens with zero attached hydrogens (tertiary/aromatic N) is 2. The maximum atomic E-state index is 14.5. The molecule has 1 spiro atoms. The topological polar surface area (TPSA) is 87.1 Å². The molecule has 5 atom stereocenters. The van der Waals surface area contributed by atoms with Crippen LogP contribution in [0.15, 0.2) is 43.5 Å². The highest BCUT2D eigenvalue weighted by molar-refractivity contribution is 8.02. The number of esters is 1. The highest BCUT2D eigenvalue weighted by Crippen LogP contribution is 2.71. The number of para-hydroxylation sites is 1. The van der Waals surface area contributed by atoms with Crippen molar-refractivity contribution in [2.24, 2.45) is 11.8 Å². The van der Waals surface area contributed by atoms with Gasteiger partial charge in [0.05, 0.1) is 27.3 Å². The number of hydrogen-bond acceptors (Lipinski definition) is 6. The molecule has 9 heteroatoms. The highest BCUT2D eigenvalue weighted by atomic mass is 35.5. The van der Waals surface area contributed by atoms with Gasteiger partial charge in [-0.25, -0.2) is 0 Å². The number of carbonyl (C=O) groups is 3. The molecule has 200 valence electrons. The maximum absolute atomic E-state index is 14.5. The minimum atomic E-state index is -0.775. The summed E-state index contributed by atoms with van der Waals surface area (Å²) in [5.41, 5.74) is 1.44. The van der Waals surface area contributed by atoms with Gasteiger partial charge in [0, 0.05) is 24.4 Å². The number of halogens is 1. The maximum Gasteiger partial charge on any atom is 0.311 e. The Balaban J connectivity index is 1.80. The molecule has 3 fully saturated rings. The van der Waals surface area contributed by atoms with Crippen LogP contribution in [0.4, 0.5) is 5.69 Å². The van der Waals surface area contributed by atoms with Crippen molar-refractivity contribution in [3.05, 3.63) is 54.1 Å². The lowest BCUT2D eigenvalue weighted by Crippen LogP contribution is -2.55. The fourth-order valence-electron chi connectivity index (χ4n) is 6.46. The zero-order valence-electron chi connectivity index (χ0n) is 21.5. The second-order valence-electron chi connectivity index (χ2n) is 10.3. The molecule has 4 rings (SSSR count). The Morgan fingerprint density at radius 2 is 2.05 bits per heavy atom. The molecule has 1 aromatic rings. The van der Waals surface area contributed by atoms with E-state index in [-0.39, 0.29) is 31.6 Å². The molecule has 2 unspecified atom stereocenters. The number of aliphatic hydroxyl groups is 1. The third kappa shape index (κ3) is 4.51. The summed E-state index contributed by atoms with van der Waals surface area (Å²) in [7, 11) is 0. The molecule has 0 aliphatic carbocycles. The normalized spacial score (nSPS) is 29.8. The number of benzene rings is 1. The van der Waals surface area contributed by atoms with Crippen molar-refractivity contribution in [1.82, 2.24) is 4.90 Å². The summed E-state index contributed by atoms with van der Waals surface area (Å²) < 4.78 is 4.20. The third-order valence-electron chi connectivity index (χ3n) is 7.95. The second kappa shape index (κ2) is 10.8. The van der Waals surface area contributed by atoms with Crippen molar-refractivity contribution in [2.75, 3.05) is 31.2 Å². The number of aliphatic hydroxyl groups excluding tert-OH is 1. The fraction of sp³-hybridized carbons (Fsp3) is 0.536. The number of anilines is 1. The first-order valence-corrected chi connectivity index (χ1v) is 13.9. The molecule has 3 saturated heterocycles. The van der Waals surface area contributed by atoms with Crippen molar-refractivity contribution >= 4 is 46.8 Å². The summed E-state index contributed by atoms with van der Waals surface area (Å²) in [6, 6.07) is 4.70. The van der Waals surface area contributed by atoms with Gasteiger partial charge in [-0.05, 0) is 51.2 Å². The lowest BCUT2D eigenvalue weighted by molar-refractivity contribution is -0.154. The Kier molecular flexibility index (Phi) is 8.12. The van der Waals surface area contributed by atoms with E-state index in [2.05, 4.69) is 13.2 Å². The number of hydrogen-bond donors (Lipinski definition) is 1. The molecule has 37 heavy (non-hydrogen) atoms. The summed E-state index contributed by atoms with van der Waals surface area (Å²) in [6.07, 6.45) is 5.58. The SMILES string of the molecule is C=CCOC(=O)[C@@H]1[C@H]2C(=O)N(CCCCO)C(C(=O)N(CC=C)c3c(C)cccc3Cl)C23CC[C@@]1(C)S3.